The number of carbonyl (C=O) groups excluding carboxylic acids is 1. The van der Waals surface area contributed by atoms with Gasteiger partial charge in [-0.05, 0) is 42.0 Å². The van der Waals surface area contributed by atoms with E-state index in [1.165, 1.54) is 0 Å². The molecular weight excluding hydrogens is 342 g/mol. The van der Waals surface area contributed by atoms with Crippen LogP contribution in [-0.4, -0.2) is 35.5 Å². The summed E-state index contributed by atoms with van der Waals surface area (Å²) in [5.74, 6) is 0.254. The van der Waals surface area contributed by atoms with E-state index >= 15 is 0 Å². The lowest BCUT2D eigenvalue weighted by Crippen LogP contribution is -2.33. The van der Waals surface area contributed by atoms with Crippen LogP contribution in [-0.2, 0) is 16.1 Å². The molecule has 5 heteroatoms. The maximum Gasteiger partial charge on any atom is 0.303 e. The van der Waals surface area contributed by atoms with Crippen LogP contribution in [0.4, 0.5) is 0 Å². The molecule has 0 spiro atoms. The average Bonchev–Trinajstić information content (AvgIpc) is 3.48. The fourth-order valence-electron chi connectivity index (χ4n) is 3.44. The molecule has 2 atom stereocenters. The van der Waals surface area contributed by atoms with Crippen molar-refractivity contribution in [2.45, 2.75) is 31.7 Å². The molecule has 2 aromatic carbocycles. The van der Waals surface area contributed by atoms with E-state index < -0.39 is 5.97 Å². The number of ether oxygens (including phenoxy) is 1. The number of carbonyl (C=O) groups is 2. The number of carboxylic acid groups (broad SMARTS) is 1. The van der Waals surface area contributed by atoms with Gasteiger partial charge in [0.2, 0.25) is 5.91 Å². The van der Waals surface area contributed by atoms with Gasteiger partial charge in [-0.1, -0.05) is 42.5 Å². The molecule has 2 aromatic rings. The van der Waals surface area contributed by atoms with Crippen molar-refractivity contribution < 1.29 is 19.4 Å². The summed E-state index contributed by atoms with van der Waals surface area (Å²) in [5, 5.41) is 8.90. The zero-order valence-electron chi connectivity index (χ0n) is 15.5. The molecule has 0 heterocycles. The van der Waals surface area contributed by atoms with Gasteiger partial charge in [-0.15, -0.1) is 0 Å². The van der Waals surface area contributed by atoms with Crippen LogP contribution in [0.1, 0.15) is 36.3 Å². The molecule has 0 aliphatic heterocycles. The van der Waals surface area contributed by atoms with E-state index in [0.29, 0.717) is 19.5 Å². The van der Waals surface area contributed by atoms with Crippen LogP contribution in [0.3, 0.4) is 0 Å². The van der Waals surface area contributed by atoms with Crippen LogP contribution in [0.2, 0.25) is 0 Å². The zero-order chi connectivity index (χ0) is 19.2. The largest absolute Gasteiger partial charge is 0.497 e. The lowest BCUT2D eigenvalue weighted by atomic mass is 10.1. The predicted molar refractivity (Wildman–Crippen MR) is 103 cm³/mol. The fourth-order valence-corrected chi connectivity index (χ4v) is 3.44. The first-order valence-electron chi connectivity index (χ1n) is 9.27. The second-order valence-corrected chi connectivity index (χ2v) is 6.97. The highest BCUT2D eigenvalue weighted by Gasteiger charge is 2.45. The van der Waals surface area contributed by atoms with Gasteiger partial charge < -0.3 is 14.7 Å². The molecule has 27 heavy (non-hydrogen) atoms. The first-order valence-corrected chi connectivity index (χ1v) is 9.27. The molecule has 3 rings (SSSR count). The van der Waals surface area contributed by atoms with Gasteiger partial charge in [-0.3, -0.25) is 9.59 Å². The maximum atomic E-state index is 13.1. The van der Waals surface area contributed by atoms with E-state index in [4.69, 9.17) is 9.84 Å². The Balaban J connectivity index is 1.67. The Labute approximate surface area is 159 Å². The topological polar surface area (TPSA) is 66.8 Å². The minimum atomic E-state index is -0.831. The first-order chi connectivity index (χ1) is 13.1. The highest BCUT2D eigenvalue weighted by molar-refractivity contribution is 5.83. The molecule has 1 aliphatic carbocycles. The molecule has 0 saturated heterocycles. The molecule has 142 valence electrons. The average molecular weight is 367 g/mol. The molecule has 5 nitrogen and oxygen atoms in total. The predicted octanol–water partition coefficient (Wildman–Crippen LogP) is 3.69. The number of aliphatic carboxylic acids is 1. The SMILES string of the molecule is COc1cccc(C2CC2C(=O)N(CCCC(=O)O)Cc2ccccc2)c1. The first kappa shape index (κ1) is 19.0. The van der Waals surface area contributed by atoms with E-state index in [1.807, 2.05) is 59.5 Å². The van der Waals surface area contributed by atoms with Gasteiger partial charge >= 0.3 is 5.97 Å². The number of amides is 1. The lowest BCUT2D eigenvalue weighted by Gasteiger charge is -2.23. The molecule has 0 radical (unpaired) electrons. The molecule has 1 aliphatic rings. The monoisotopic (exact) mass is 367 g/mol. The number of benzene rings is 2. The van der Waals surface area contributed by atoms with E-state index in [1.54, 1.807) is 7.11 Å². The van der Waals surface area contributed by atoms with Crippen molar-refractivity contribution in [3.8, 4) is 5.75 Å². The summed E-state index contributed by atoms with van der Waals surface area (Å²) in [6.07, 6.45) is 1.36. The van der Waals surface area contributed by atoms with Crippen molar-refractivity contribution in [3.05, 3.63) is 65.7 Å². The molecule has 1 N–H and O–H groups in total. The van der Waals surface area contributed by atoms with E-state index in [0.717, 1.165) is 23.3 Å². The zero-order valence-corrected chi connectivity index (χ0v) is 15.5. The van der Waals surface area contributed by atoms with Crippen molar-refractivity contribution >= 4 is 11.9 Å². The summed E-state index contributed by atoms with van der Waals surface area (Å²) >= 11 is 0. The maximum absolute atomic E-state index is 13.1. The summed E-state index contributed by atoms with van der Waals surface area (Å²) in [6, 6.07) is 17.7. The molecule has 0 aromatic heterocycles. The highest BCUT2D eigenvalue weighted by atomic mass is 16.5. The number of nitrogens with zero attached hydrogens (tertiary/aromatic N) is 1. The van der Waals surface area contributed by atoms with Gasteiger partial charge in [0.25, 0.3) is 0 Å². The van der Waals surface area contributed by atoms with Crippen LogP contribution in [0, 0.1) is 5.92 Å². The second kappa shape index (κ2) is 8.71. The van der Waals surface area contributed by atoms with Crippen LogP contribution in [0.5, 0.6) is 5.75 Å². The van der Waals surface area contributed by atoms with Crippen LogP contribution in [0.25, 0.3) is 0 Å². The van der Waals surface area contributed by atoms with E-state index in [9.17, 15) is 9.59 Å². The van der Waals surface area contributed by atoms with Gasteiger partial charge in [-0.2, -0.15) is 0 Å². The van der Waals surface area contributed by atoms with Gasteiger partial charge in [0.15, 0.2) is 0 Å². The molecule has 1 saturated carbocycles. The quantitative estimate of drug-likeness (QED) is 0.734. The third-order valence-corrected chi connectivity index (χ3v) is 4.98. The Morgan fingerprint density at radius 2 is 1.93 bits per heavy atom. The third kappa shape index (κ3) is 5.09. The lowest BCUT2D eigenvalue weighted by molar-refractivity contribution is -0.138. The van der Waals surface area contributed by atoms with Crippen molar-refractivity contribution in [2.75, 3.05) is 13.7 Å². The number of rotatable bonds is 9. The van der Waals surface area contributed by atoms with Gasteiger partial charge in [0.1, 0.15) is 5.75 Å². The second-order valence-electron chi connectivity index (χ2n) is 6.97. The minimum absolute atomic E-state index is 0.0364. The van der Waals surface area contributed by atoms with Crippen molar-refractivity contribution in [1.82, 2.24) is 4.90 Å². The van der Waals surface area contributed by atoms with Crippen molar-refractivity contribution in [2.24, 2.45) is 5.92 Å². The molecular formula is C22H25NO4. The highest BCUT2D eigenvalue weighted by Crippen LogP contribution is 2.49. The molecule has 1 amide bonds. The standard InChI is InChI=1S/C22H25NO4/c1-27-18-10-5-9-17(13-18)19-14-20(19)22(26)23(12-6-11-21(24)25)15-16-7-3-2-4-8-16/h2-5,7-10,13,19-20H,6,11-12,14-15H2,1H3,(H,24,25). The van der Waals surface area contributed by atoms with Gasteiger partial charge in [-0.25, -0.2) is 0 Å². The Bertz CT molecular complexity index is 790. The summed E-state index contributed by atoms with van der Waals surface area (Å²) in [4.78, 5) is 25.7. The van der Waals surface area contributed by atoms with Crippen LogP contribution < -0.4 is 4.74 Å². The fraction of sp³-hybridized carbons (Fsp3) is 0.364. The van der Waals surface area contributed by atoms with Crippen LogP contribution >= 0.6 is 0 Å². The number of hydrogen-bond acceptors (Lipinski definition) is 3. The van der Waals surface area contributed by atoms with E-state index in [-0.39, 0.29) is 24.2 Å². The molecule has 0 bridgehead atoms. The van der Waals surface area contributed by atoms with Crippen molar-refractivity contribution in [3.63, 3.8) is 0 Å². The third-order valence-electron chi connectivity index (χ3n) is 4.98. The Kier molecular flexibility index (Phi) is 6.12. The Hall–Kier alpha value is -2.82. The number of carboxylic acids is 1. The number of methoxy groups -OCH3 is 1. The summed E-state index contributed by atoms with van der Waals surface area (Å²) in [7, 11) is 1.64. The smallest absolute Gasteiger partial charge is 0.303 e. The Morgan fingerprint density at radius 1 is 1.15 bits per heavy atom. The van der Waals surface area contributed by atoms with E-state index in [2.05, 4.69) is 0 Å². The molecule has 2 unspecified atom stereocenters. The van der Waals surface area contributed by atoms with Gasteiger partial charge in [0, 0.05) is 25.4 Å². The van der Waals surface area contributed by atoms with Gasteiger partial charge in [0.05, 0.1) is 7.11 Å². The summed E-state index contributed by atoms with van der Waals surface area (Å²) in [6.45, 7) is 0.974. The van der Waals surface area contributed by atoms with Crippen molar-refractivity contribution in [1.29, 1.82) is 0 Å². The summed E-state index contributed by atoms with van der Waals surface area (Å²) in [5.41, 5.74) is 2.18. The summed E-state index contributed by atoms with van der Waals surface area (Å²) < 4.78 is 5.28. The Morgan fingerprint density at radius 3 is 2.63 bits per heavy atom. The number of hydrogen-bond donors (Lipinski definition) is 1. The molecule has 1 fully saturated rings. The normalized spacial score (nSPS) is 18.0. The minimum Gasteiger partial charge on any atom is -0.497 e. The van der Waals surface area contributed by atoms with Crippen LogP contribution in [0.15, 0.2) is 54.6 Å².